The smallest absolute Gasteiger partial charge is 0.328 e. The highest BCUT2D eigenvalue weighted by Gasteiger charge is 2.58. The monoisotopic (exact) mass is 429 g/mol. The third kappa shape index (κ3) is 3.94. The first-order valence-corrected chi connectivity index (χ1v) is 10.9. The molecule has 0 bridgehead atoms. The highest BCUT2D eigenvalue weighted by atomic mass is 16.5. The van der Waals surface area contributed by atoms with Crippen molar-refractivity contribution in [2.45, 2.75) is 49.4 Å². The summed E-state index contributed by atoms with van der Waals surface area (Å²) in [5.74, 6) is -0.644. The van der Waals surface area contributed by atoms with Crippen molar-refractivity contribution in [1.82, 2.24) is 14.7 Å². The molecular formula is C23H31N3O5. The van der Waals surface area contributed by atoms with Gasteiger partial charge in [-0.25, -0.2) is 4.79 Å². The fraction of sp³-hybridized carbons (Fsp3) is 0.609. The number of esters is 1. The molecule has 0 aromatic heterocycles. The van der Waals surface area contributed by atoms with Gasteiger partial charge < -0.3 is 19.3 Å². The molecule has 3 atom stereocenters. The van der Waals surface area contributed by atoms with Crippen molar-refractivity contribution in [2.24, 2.45) is 0 Å². The quantitative estimate of drug-likeness (QED) is 0.620. The van der Waals surface area contributed by atoms with Gasteiger partial charge in [-0.3, -0.25) is 14.5 Å². The molecule has 31 heavy (non-hydrogen) atoms. The molecule has 1 saturated carbocycles. The van der Waals surface area contributed by atoms with E-state index in [-0.39, 0.29) is 17.9 Å². The number of likely N-dealkylation sites (tertiary alicyclic amines) is 1. The summed E-state index contributed by atoms with van der Waals surface area (Å²) >= 11 is 0. The summed E-state index contributed by atoms with van der Waals surface area (Å²) in [6.45, 7) is 1.53. The van der Waals surface area contributed by atoms with E-state index in [4.69, 9.17) is 9.47 Å². The molecule has 3 fully saturated rings. The SMILES string of the molecule is COC(=O)[C@@H]1C[C@@H](OC)CN1C(=O)[C@H](Cc1ccccc1)N1CCN(C)C2(CC2)C1=O. The van der Waals surface area contributed by atoms with Gasteiger partial charge in [-0.15, -0.1) is 0 Å². The number of likely N-dealkylation sites (N-methyl/N-ethyl adjacent to an activating group) is 1. The second-order valence-electron chi connectivity index (χ2n) is 8.78. The van der Waals surface area contributed by atoms with Gasteiger partial charge in [0.1, 0.15) is 17.6 Å². The minimum Gasteiger partial charge on any atom is -0.467 e. The Balaban J connectivity index is 1.64. The number of ether oxygens (including phenoxy) is 2. The average molecular weight is 430 g/mol. The van der Waals surface area contributed by atoms with Gasteiger partial charge in [-0.05, 0) is 25.5 Å². The molecule has 3 aliphatic rings. The number of methoxy groups -OCH3 is 2. The summed E-state index contributed by atoms with van der Waals surface area (Å²) in [5, 5.41) is 0. The molecule has 2 aliphatic heterocycles. The average Bonchev–Trinajstić information content (AvgIpc) is 3.48. The van der Waals surface area contributed by atoms with Gasteiger partial charge in [0.2, 0.25) is 11.8 Å². The molecular weight excluding hydrogens is 398 g/mol. The van der Waals surface area contributed by atoms with Crippen LogP contribution in [-0.4, -0.2) is 97.1 Å². The highest BCUT2D eigenvalue weighted by molar-refractivity contribution is 5.96. The minimum atomic E-state index is -0.696. The zero-order chi connectivity index (χ0) is 22.2. The van der Waals surface area contributed by atoms with Gasteiger partial charge in [0.25, 0.3) is 0 Å². The molecule has 4 rings (SSSR count). The zero-order valence-corrected chi connectivity index (χ0v) is 18.5. The lowest BCUT2D eigenvalue weighted by molar-refractivity contribution is -0.158. The van der Waals surface area contributed by atoms with E-state index in [0.29, 0.717) is 25.9 Å². The number of rotatable bonds is 6. The summed E-state index contributed by atoms with van der Waals surface area (Å²) in [5.41, 5.74) is 0.518. The van der Waals surface area contributed by atoms with Gasteiger partial charge in [-0.1, -0.05) is 30.3 Å². The molecule has 1 spiro atoms. The van der Waals surface area contributed by atoms with Crippen LogP contribution in [0.4, 0.5) is 0 Å². The normalized spacial score (nSPS) is 26.2. The van der Waals surface area contributed by atoms with Crippen LogP contribution in [0.3, 0.4) is 0 Å². The number of piperazine rings is 1. The van der Waals surface area contributed by atoms with Gasteiger partial charge in [-0.2, -0.15) is 0 Å². The number of hydrogen-bond donors (Lipinski definition) is 0. The summed E-state index contributed by atoms with van der Waals surface area (Å²) in [6, 6.07) is 8.36. The van der Waals surface area contributed by atoms with Crippen molar-refractivity contribution in [2.75, 3.05) is 40.9 Å². The fourth-order valence-electron chi connectivity index (χ4n) is 4.95. The Hall–Kier alpha value is -2.45. The number of benzene rings is 1. The maximum atomic E-state index is 13.9. The molecule has 2 amide bonds. The zero-order valence-electron chi connectivity index (χ0n) is 18.5. The van der Waals surface area contributed by atoms with E-state index in [9.17, 15) is 14.4 Å². The van der Waals surface area contributed by atoms with Crippen molar-refractivity contribution in [1.29, 1.82) is 0 Å². The van der Waals surface area contributed by atoms with Gasteiger partial charge >= 0.3 is 5.97 Å². The number of amides is 2. The standard InChI is InChI=1S/C23H31N3O5/c1-24-11-12-25(22(29)23(24)9-10-23)18(13-16-7-5-4-6-8-16)20(27)26-15-17(30-2)14-19(26)21(28)31-3/h4-8,17-19H,9-15H2,1-3H3/t17-,18+,19+/m1/s1. The molecule has 0 unspecified atom stereocenters. The summed E-state index contributed by atoms with van der Waals surface area (Å²) in [4.78, 5) is 45.1. The van der Waals surface area contributed by atoms with Crippen LogP contribution in [0, 0.1) is 0 Å². The molecule has 1 aromatic carbocycles. The fourth-order valence-corrected chi connectivity index (χ4v) is 4.95. The Bertz CT molecular complexity index is 841. The van der Waals surface area contributed by atoms with Gasteiger partial charge in [0, 0.05) is 39.6 Å². The first kappa shape index (κ1) is 21.8. The summed E-state index contributed by atoms with van der Waals surface area (Å²) < 4.78 is 10.4. The molecule has 0 N–H and O–H groups in total. The topological polar surface area (TPSA) is 79.4 Å². The lowest BCUT2D eigenvalue weighted by Crippen LogP contribution is -2.64. The Morgan fingerprint density at radius 3 is 2.48 bits per heavy atom. The molecule has 8 nitrogen and oxygen atoms in total. The lowest BCUT2D eigenvalue weighted by Gasteiger charge is -2.43. The Kier molecular flexibility index (Phi) is 6.03. The number of carbonyl (C=O) groups is 3. The third-order valence-electron chi connectivity index (χ3n) is 7.08. The lowest BCUT2D eigenvalue weighted by atomic mass is 9.99. The van der Waals surface area contributed by atoms with E-state index >= 15 is 0 Å². The molecule has 0 radical (unpaired) electrons. The van der Waals surface area contributed by atoms with E-state index < -0.39 is 23.6 Å². The van der Waals surface area contributed by atoms with Crippen LogP contribution in [-0.2, 0) is 30.3 Å². The van der Waals surface area contributed by atoms with E-state index in [2.05, 4.69) is 4.90 Å². The van der Waals surface area contributed by atoms with Crippen LogP contribution in [0.5, 0.6) is 0 Å². The number of hydrogen-bond acceptors (Lipinski definition) is 6. The Labute approximate surface area is 183 Å². The number of nitrogens with zero attached hydrogens (tertiary/aromatic N) is 3. The molecule has 2 saturated heterocycles. The van der Waals surface area contributed by atoms with Crippen LogP contribution in [0.1, 0.15) is 24.8 Å². The third-order valence-corrected chi connectivity index (χ3v) is 7.08. The van der Waals surface area contributed by atoms with Crippen molar-refractivity contribution >= 4 is 17.8 Å². The second-order valence-corrected chi connectivity index (χ2v) is 8.78. The number of carbonyl (C=O) groups excluding carboxylic acids is 3. The van der Waals surface area contributed by atoms with E-state index in [0.717, 1.165) is 24.9 Å². The van der Waals surface area contributed by atoms with E-state index in [1.807, 2.05) is 37.4 Å². The Morgan fingerprint density at radius 1 is 1.16 bits per heavy atom. The van der Waals surface area contributed by atoms with Gasteiger partial charge in [0.15, 0.2) is 0 Å². The first-order valence-electron chi connectivity index (χ1n) is 10.9. The van der Waals surface area contributed by atoms with E-state index in [1.165, 1.54) is 7.11 Å². The largest absolute Gasteiger partial charge is 0.467 e. The summed E-state index contributed by atoms with van der Waals surface area (Å²) in [6.07, 6.45) is 2.22. The van der Waals surface area contributed by atoms with Crippen LogP contribution in [0.15, 0.2) is 30.3 Å². The first-order chi connectivity index (χ1) is 14.9. The highest BCUT2D eigenvalue weighted by Crippen LogP contribution is 2.45. The van der Waals surface area contributed by atoms with Crippen molar-refractivity contribution in [3.8, 4) is 0 Å². The van der Waals surface area contributed by atoms with Crippen LogP contribution in [0.2, 0.25) is 0 Å². The van der Waals surface area contributed by atoms with Crippen molar-refractivity contribution in [3.63, 3.8) is 0 Å². The Morgan fingerprint density at radius 2 is 1.87 bits per heavy atom. The van der Waals surface area contributed by atoms with Gasteiger partial charge in [0.05, 0.1) is 13.2 Å². The van der Waals surface area contributed by atoms with Crippen molar-refractivity contribution < 1.29 is 23.9 Å². The maximum absolute atomic E-state index is 13.9. The molecule has 8 heteroatoms. The minimum absolute atomic E-state index is 0.0210. The van der Waals surface area contributed by atoms with Crippen LogP contribution < -0.4 is 0 Å². The van der Waals surface area contributed by atoms with E-state index in [1.54, 1.807) is 16.9 Å². The molecule has 1 aliphatic carbocycles. The second kappa shape index (κ2) is 8.59. The maximum Gasteiger partial charge on any atom is 0.328 e. The van der Waals surface area contributed by atoms with Crippen LogP contribution in [0.25, 0.3) is 0 Å². The summed E-state index contributed by atoms with van der Waals surface area (Å²) in [7, 11) is 4.88. The van der Waals surface area contributed by atoms with Crippen molar-refractivity contribution in [3.05, 3.63) is 35.9 Å². The predicted octanol–water partition coefficient (Wildman–Crippen LogP) is 0.693. The molecule has 1 aromatic rings. The molecule has 168 valence electrons. The van der Waals surface area contributed by atoms with Crippen LogP contribution >= 0.6 is 0 Å². The molecule has 2 heterocycles. The predicted molar refractivity (Wildman–Crippen MR) is 113 cm³/mol.